The number of nitro groups is 1. The van der Waals surface area contributed by atoms with Gasteiger partial charge in [0.1, 0.15) is 5.75 Å². The van der Waals surface area contributed by atoms with E-state index in [1.54, 1.807) is 25.5 Å². The Morgan fingerprint density at radius 2 is 2.00 bits per heavy atom. The van der Waals surface area contributed by atoms with Gasteiger partial charge in [-0.05, 0) is 44.5 Å². The molecule has 1 N–H and O–H groups in total. The summed E-state index contributed by atoms with van der Waals surface area (Å²) in [5.74, 6) is 0.525. The summed E-state index contributed by atoms with van der Waals surface area (Å²) in [6.07, 6.45) is 3.79. The Kier molecular flexibility index (Phi) is 6.88. The average Bonchev–Trinajstić information content (AvgIpc) is 2.76. The van der Waals surface area contributed by atoms with Crippen LogP contribution in [0.1, 0.15) is 31.9 Å². The predicted molar refractivity (Wildman–Crippen MR) is 129 cm³/mol. The molecule has 0 aliphatic carbocycles. The number of anilines is 1. The fraction of sp³-hybridized carbons (Fsp3) is 0.304. The predicted octanol–water partition coefficient (Wildman–Crippen LogP) is 4.48. The molecule has 0 saturated heterocycles. The molecule has 1 aliphatic rings. The van der Waals surface area contributed by atoms with Crippen LogP contribution in [0.5, 0.6) is 5.75 Å². The van der Waals surface area contributed by atoms with Crippen molar-refractivity contribution in [2.24, 2.45) is 5.10 Å². The number of rotatable bonds is 7. The zero-order valence-corrected chi connectivity index (χ0v) is 19.5. The summed E-state index contributed by atoms with van der Waals surface area (Å²) >= 11 is 1.28. The molecule has 0 atom stereocenters. The molecule has 168 valence electrons. The molecule has 1 aliphatic heterocycles. The Morgan fingerprint density at radius 1 is 1.31 bits per heavy atom. The summed E-state index contributed by atoms with van der Waals surface area (Å²) in [7, 11) is 3.66. The van der Waals surface area contributed by atoms with Gasteiger partial charge in [0.15, 0.2) is 0 Å². The van der Waals surface area contributed by atoms with Crippen LogP contribution in [0, 0.1) is 10.1 Å². The van der Waals surface area contributed by atoms with Crippen molar-refractivity contribution in [1.82, 2.24) is 5.43 Å². The molecule has 2 aromatic carbocycles. The number of carbonyl (C=O) groups excluding carboxylic acids is 1. The quantitative estimate of drug-likeness (QED) is 0.287. The van der Waals surface area contributed by atoms with E-state index in [9.17, 15) is 14.9 Å². The van der Waals surface area contributed by atoms with E-state index in [1.165, 1.54) is 29.5 Å². The Morgan fingerprint density at radius 3 is 2.62 bits per heavy atom. The number of non-ortho nitro benzene ring substituents is 1. The third-order valence-electron chi connectivity index (χ3n) is 5.38. The van der Waals surface area contributed by atoms with Crippen molar-refractivity contribution in [1.29, 1.82) is 0 Å². The third-order valence-corrected chi connectivity index (χ3v) is 6.39. The molecule has 9 heteroatoms. The van der Waals surface area contributed by atoms with Crippen LogP contribution in [0.25, 0.3) is 5.57 Å². The van der Waals surface area contributed by atoms with Crippen LogP contribution in [0.4, 0.5) is 11.4 Å². The molecule has 0 aromatic heterocycles. The maximum Gasteiger partial charge on any atom is 0.269 e. The number of ether oxygens (including phenoxy) is 1. The zero-order valence-electron chi connectivity index (χ0n) is 18.7. The number of carbonyl (C=O) groups is 1. The Labute approximate surface area is 191 Å². The highest BCUT2D eigenvalue weighted by molar-refractivity contribution is 8.00. The summed E-state index contributed by atoms with van der Waals surface area (Å²) in [6, 6.07) is 10.1. The van der Waals surface area contributed by atoms with Gasteiger partial charge in [-0.3, -0.25) is 14.9 Å². The number of nitro benzene ring substituents is 1. The molecule has 3 rings (SSSR count). The van der Waals surface area contributed by atoms with Gasteiger partial charge < -0.3 is 9.64 Å². The normalized spacial score (nSPS) is 14.7. The number of amides is 1. The molecule has 32 heavy (non-hydrogen) atoms. The van der Waals surface area contributed by atoms with Gasteiger partial charge in [-0.2, -0.15) is 5.10 Å². The second-order valence-corrected chi connectivity index (χ2v) is 9.03. The van der Waals surface area contributed by atoms with Crippen molar-refractivity contribution < 1.29 is 14.5 Å². The lowest BCUT2D eigenvalue weighted by Crippen LogP contribution is -2.42. The number of thioether (sulfide) groups is 1. The van der Waals surface area contributed by atoms with E-state index in [-0.39, 0.29) is 22.9 Å². The molecule has 1 amide bonds. The molecule has 2 aromatic rings. The van der Waals surface area contributed by atoms with Crippen LogP contribution in [0.2, 0.25) is 0 Å². The zero-order chi connectivity index (χ0) is 23.5. The molecular weight excluding hydrogens is 428 g/mol. The van der Waals surface area contributed by atoms with Gasteiger partial charge in [0, 0.05) is 47.0 Å². The molecule has 0 spiro atoms. The summed E-state index contributed by atoms with van der Waals surface area (Å²) in [5.41, 5.74) is 6.53. The van der Waals surface area contributed by atoms with E-state index in [2.05, 4.69) is 49.3 Å². The number of nitrogens with one attached hydrogen (secondary N) is 1. The van der Waals surface area contributed by atoms with Gasteiger partial charge in [-0.25, -0.2) is 5.43 Å². The first kappa shape index (κ1) is 23.3. The number of hydrogen-bond donors (Lipinski definition) is 1. The number of fused-ring (bicyclic) bond motifs is 1. The Bertz CT molecular complexity index is 1090. The summed E-state index contributed by atoms with van der Waals surface area (Å²) in [4.78, 5) is 25.4. The van der Waals surface area contributed by atoms with E-state index >= 15 is 0 Å². The third kappa shape index (κ3) is 5.11. The smallest absolute Gasteiger partial charge is 0.269 e. The molecule has 8 nitrogen and oxygen atoms in total. The molecule has 0 fully saturated rings. The minimum absolute atomic E-state index is 0.0160. The highest BCUT2D eigenvalue weighted by Crippen LogP contribution is 2.40. The highest BCUT2D eigenvalue weighted by atomic mass is 32.2. The number of allylic oxidation sites excluding steroid dienone is 1. The molecule has 0 bridgehead atoms. The van der Waals surface area contributed by atoms with Crippen molar-refractivity contribution in [3.05, 3.63) is 63.7 Å². The first-order valence-corrected chi connectivity index (χ1v) is 11.0. The van der Waals surface area contributed by atoms with Crippen molar-refractivity contribution in [3.63, 3.8) is 0 Å². The number of likely N-dealkylation sites (N-methyl/N-ethyl adjacent to an activating group) is 1. The van der Waals surface area contributed by atoms with Gasteiger partial charge in [-0.1, -0.05) is 6.08 Å². The van der Waals surface area contributed by atoms with Gasteiger partial charge >= 0.3 is 0 Å². The lowest BCUT2D eigenvalue weighted by molar-refractivity contribution is -0.384. The van der Waals surface area contributed by atoms with Crippen LogP contribution in [-0.2, 0) is 4.79 Å². The maximum absolute atomic E-state index is 12.1. The van der Waals surface area contributed by atoms with Crippen molar-refractivity contribution >= 4 is 40.8 Å². The monoisotopic (exact) mass is 454 g/mol. The lowest BCUT2D eigenvalue weighted by atomic mass is 9.88. The van der Waals surface area contributed by atoms with Gasteiger partial charge in [0.05, 0.1) is 29.5 Å². The Hall–Kier alpha value is -3.33. The number of benzene rings is 2. The van der Waals surface area contributed by atoms with Crippen molar-refractivity contribution in [3.8, 4) is 5.75 Å². The number of methoxy groups -OCH3 is 1. The Balaban J connectivity index is 1.66. The average molecular weight is 455 g/mol. The van der Waals surface area contributed by atoms with Crippen LogP contribution in [0.15, 0.2) is 52.5 Å². The summed E-state index contributed by atoms with van der Waals surface area (Å²) in [5, 5.41) is 14.8. The molecule has 0 unspecified atom stereocenters. The van der Waals surface area contributed by atoms with Gasteiger partial charge in [0.2, 0.25) is 5.91 Å². The first-order chi connectivity index (χ1) is 15.1. The van der Waals surface area contributed by atoms with Crippen LogP contribution in [0.3, 0.4) is 0 Å². The van der Waals surface area contributed by atoms with Gasteiger partial charge in [0.25, 0.3) is 5.69 Å². The van der Waals surface area contributed by atoms with E-state index in [1.807, 2.05) is 12.1 Å². The van der Waals surface area contributed by atoms with Crippen molar-refractivity contribution in [2.75, 3.05) is 24.8 Å². The summed E-state index contributed by atoms with van der Waals surface area (Å²) < 4.78 is 5.55. The largest absolute Gasteiger partial charge is 0.496 e. The number of hydrazone groups is 1. The first-order valence-electron chi connectivity index (χ1n) is 9.97. The number of nitrogens with zero attached hydrogens (tertiary/aromatic N) is 3. The molecular formula is C23H26N4O4S. The number of hydrogen-bond acceptors (Lipinski definition) is 7. The van der Waals surface area contributed by atoms with Crippen LogP contribution < -0.4 is 15.1 Å². The highest BCUT2D eigenvalue weighted by Gasteiger charge is 2.29. The SMILES string of the molecule is COc1cc2c(cc1/C=N\NC(=O)CSc1ccc([N+](=O)[O-])cc1)C(C)=CC(C)(C)N2C. The van der Waals surface area contributed by atoms with Crippen LogP contribution in [-0.4, -0.2) is 42.5 Å². The fourth-order valence-corrected chi connectivity index (χ4v) is 4.18. The lowest BCUT2D eigenvalue weighted by Gasteiger charge is -2.40. The van der Waals surface area contributed by atoms with Crippen molar-refractivity contribution in [2.45, 2.75) is 31.2 Å². The van der Waals surface area contributed by atoms with E-state index in [4.69, 9.17) is 4.74 Å². The maximum atomic E-state index is 12.1. The van der Waals surface area contributed by atoms with E-state index in [0.717, 1.165) is 21.7 Å². The second kappa shape index (κ2) is 9.44. The second-order valence-electron chi connectivity index (χ2n) is 7.98. The molecule has 1 heterocycles. The molecule has 0 saturated carbocycles. The standard InChI is InChI=1S/C23H26N4O4S/c1-15-12-23(2,3)26(4)20-11-21(31-5)16(10-19(15)20)13-24-25-22(28)14-32-18-8-6-17(7-9-18)27(29)30/h6-13H,14H2,1-5H3,(H,25,28)/b24-13-. The van der Waals surface area contributed by atoms with E-state index < -0.39 is 4.92 Å². The topological polar surface area (TPSA) is 97.1 Å². The van der Waals surface area contributed by atoms with Gasteiger partial charge in [-0.15, -0.1) is 11.8 Å². The minimum Gasteiger partial charge on any atom is -0.496 e. The molecule has 0 radical (unpaired) electrons. The fourth-order valence-electron chi connectivity index (χ4n) is 3.49. The van der Waals surface area contributed by atoms with E-state index in [0.29, 0.717) is 5.75 Å². The minimum atomic E-state index is -0.457. The summed E-state index contributed by atoms with van der Waals surface area (Å²) in [6.45, 7) is 6.40. The van der Waals surface area contributed by atoms with Crippen LogP contribution >= 0.6 is 11.8 Å².